The van der Waals surface area contributed by atoms with Crippen molar-refractivity contribution in [2.45, 2.75) is 12.2 Å². The van der Waals surface area contributed by atoms with Crippen LogP contribution in [0.5, 0.6) is 0 Å². The fourth-order valence-electron chi connectivity index (χ4n) is 1.80. The highest BCUT2D eigenvalue weighted by molar-refractivity contribution is 7.92. The van der Waals surface area contributed by atoms with Crippen LogP contribution < -0.4 is 5.32 Å². The van der Waals surface area contributed by atoms with Gasteiger partial charge in [0, 0.05) is 24.5 Å². The molecule has 1 aromatic rings. The number of nitrogens with one attached hydrogen (secondary N) is 1. The molecule has 0 saturated carbocycles. The molecular formula is C12H15FN2O3S. The molecule has 5 nitrogen and oxygen atoms in total. The summed E-state index contributed by atoms with van der Waals surface area (Å²) in [6.45, 7) is 2.02. The molecule has 1 fully saturated rings. The van der Waals surface area contributed by atoms with Gasteiger partial charge in [-0.25, -0.2) is 17.6 Å². The fraction of sp³-hybridized carbons (Fsp3) is 0.417. The molecular weight excluding hydrogens is 271 g/mol. The van der Waals surface area contributed by atoms with Crippen LogP contribution in [0.15, 0.2) is 24.3 Å². The third-order valence-corrected chi connectivity index (χ3v) is 5.26. The average Bonchev–Trinajstić information content (AvgIpc) is 2.30. The van der Waals surface area contributed by atoms with Crippen LogP contribution >= 0.6 is 0 Å². The number of amides is 2. The van der Waals surface area contributed by atoms with Crippen molar-refractivity contribution in [3.05, 3.63) is 30.1 Å². The minimum atomic E-state index is -3.08. The normalized spacial score (nSPS) is 16.0. The number of sulfone groups is 1. The zero-order valence-corrected chi connectivity index (χ0v) is 11.3. The summed E-state index contributed by atoms with van der Waals surface area (Å²) >= 11 is 0. The molecule has 2 rings (SSSR count). The molecule has 1 N–H and O–H groups in total. The van der Waals surface area contributed by atoms with E-state index < -0.39 is 15.1 Å². The predicted molar refractivity (Wildman–Crippen MR) is 70.2 cm³/mol. The quantitative estimate of drug-likeness (QED) is 0.915. The smallest absolute Gasteiger partial charge is 0.321 e. The molecule has 0 unspecified atom stereocenters. The Hall–Kier alpha value is -1.63. The number of anilines is 1. The first-order chi connectivity index (χ1) is 8.92. The molecule has 1 aliphatic heterocycles. The summed E-state index contributed by atoms with van der Waals surface area (Å²) in [6, 6.07) is 5.03. The molecule has 1 saturated heterocycles. The predicted octanol–water partition coefficient (Wildman–Crippen LogP) is 1.48. The lowest BCUT2D eigenvalue weighted by atomic mass is 10.2. The summed E-state index contributed by atoms with van der Waals surface area (Å²) in [7, 11) is -3.08. The van der Waals surface area contributed by atoms with Gasteiger partial charge in [0.05, 0.1) is 5.25 Å². The molecule has 7 heteroatoms. The molecule has 0 radical (unpaired) electrons. The largest absolute Gasteiger partial charge is 0.322 e. The second kappa shape index (κ2) is 5.16. The van der Waals surface area contributed by atoms with Crippen LogP contribution in [0, 0.1) is 5.82 Å². The topological polar surface area (TPSA) is 66.5 Å². The van der Waals surface area contributed by atoms with E-state index in [-0.39, 0.29) is 30.7 Å². The van der Waals surface area contributed by atoms with E-state index in [9.17, 15) is 17.6 Å². The van der Waals surface area contributed by atoms with Crippen LogP contribution in [0.2, 0.25) is 0 Å². The summed E-state index contributed by atoms with van der Waals surface area (Å²) in [5.74, 6) is -0.290. The van der Waals surface area contributed by atoms with E-state index in [2.05, 4.69) is 5.32 Å². The van der Waals surface area contributed by atoms with Gasteiger partial charge < -0.3 is 10.2 Å². The van der Waals surface area contributed by atoms with Gasteiger partial charge in [-0.3, -0.25) is 0 Å². The Morgan fingerprint density at radius 1 is 1.37 bits per heavy atom. The fourth-order valence-corrected chi connectivity index (χ4v) is 3.09. The number of hydrogen-bond donors (Lipinski definition) is 1. The number of nitrogens with zero attached hydrogens (tertiary/aromatic N) is 1. The van der Waals surface area contributed by atoms with Crippen LogP contribution in [0.4, 0.5) is 14.9 Å². The lowest BCUT2D eigenvalue weighted by molar-refractivity contribution is 0.182. The number of likely N-dealkylation sites (tertiary alicyclic amines) is 1. The summed E-state index contributed by atoms with van der Waals surface area (Å²) < 4.78 is 35.8. The maximum atomic E-state index is 12.7. The zero-order chi connectivity index (χ0) is 14.0. The Morgan fingerprint density at radius 2 is 1.95 bits per heavy atom. The maximum absolute atomic E-state index is 12.7. The number of carbonyl (C=O) groups excluding carboxylic acids is 1. The number of benzene rings is 1. The summed E-state index contributed by atoms with van der Waals surface area (Å²) in [5, 5.41) is 2.12. The van der Waals surface area contributed by atoms with Crippen LogP contribution in [0.25, 0.3) is 0 Å². The number of urea groups is 1. The van der Waals surface area contributed by atoms with E-state index in [0.717, 1.165) is 0 Å². The lowest BCUT2D eigenvalue weighted by Gasteiger charge is -2.38. The van der Waals surface area contributed by atoms with Crippen LogP contribution in [0.3, 0.4) is 0 Å². The highest BCUT2D eigenvalue weighted by atomic mass is 32.2. The Morgan fingerprint density at radius 3 is 2.47 bits per heavy atom. The molecule has 0 bridgehead atoms. The first-order valence-electron chi connectivity index (χ1n) is 5.95. The maximum Gasteiger partial charge on any atom is 0.321 e. The average molecular weight is 286 g/mol. The molecule has 1 aromatic carbocycles. The standard InChI is InChI=1S/C12H15FN2O3S/c1-2-19(17,18)11-7-15(8-11)12(16)14-10-5-3-9(13)4-6-10/h3-6,11H,2,7-8H2,1H3,(H,14,16). The molecule has 104 valence electrons. The summed E-state index contributed by atoms with van der Waals surface area (Å²) in [4.78, 5) is 13.2. The highest BCUT2D eigenvalue weighted by Gasteiger charge is 2.38. The minimum Gasteiger partial charge on any atom is -0.322 e. The van der Waals surface area contributed by atoms with Gasteiger partial charge in [-0.2, -0.15) is 0 Å². The first-order valence-corrected chi connectivity index (χ1v) is 7.67. The van der Waals surface area contributed by atoms with Crippen molar-refractivity contribution in [2.24, 2.45) is 0 Å². The Bertz CT molecular complexity index is 565. The summed E-state index contributed by atoms with van der Waals surface area (Å²) in [6.07, 6.45) is 0. The zero-order valence-electron chi connectivity index (χ0n) is 10.5. The van der Waals surface area contributed by atoms with Crippen molar-refractivity contribution >= 4 is 21.6 Å². The number of carbonyl (C=O) groups is 1. The highest BCUT2D eigenvalue weighted by Crippen LogP contribution is 2.18. The third-order valence-electron chi connectivity index (χ3n) is 3.14. The van der Waals surface area contributed by atoms with E-state index in [0.29, 0.717) is 5.69 Å². The van der Waals surface area contributed by atoms with Gasteiger partial charge in [-0.05, 0) is 24.3 Å². The van der Waals surface area contributed by atoms with Gasteiger partial charge in [0.1, 0.15) is 5.82 Å². The van der Waals surface area contributed by atoms with Crippen molar-refractivity contribution in [2.75, 3.05) is 24.2 Å². The summed E-state index contributed by atoms with van der Waals surface area (Å²) in [5.41, 5.74) is 0.480. The van der Waals surface area contributed by atoms with E-state index in [1.165, 1.54) is 29.2 Å². The van der Waals surface area contributed by atoms with Crippen molar-refractivity contribution in [1.82, 2.24) is 4.90 Å². The van der Waals surface area contributed by atoms with Crippen molar-refractivity contribution < 1.29 is 17.6 Å². The Labute approximate surface area is 111 Å². The van der Waals surface area contributed by atoms with E-state index in [1.54, 1.807) is 6.92 Å². The Kier molecular flexibility index (Phi) is 3.75. The molecule has 0 atom stereocenters. The second-order valence-corrected chi connectivity index (χ2v) is 6.99. The van der Waals surface area contributed by atoms with Crippen LogP contribution in [-0.4, -0.2) is 43.4 Å². The van der Waals surface area contributed by atoms with Gasteiger partial charge in [-0.1, -0.05) is 6.92 Å². The van der Waals surface area contributed by atoms with Crippen molar-refractivity contribution in [3.63, 3.8) is 0 Å². The molecule has 0 aromatic heterocycles. The Balaban J connectivity index is 1.89. The molecule has 0 spiro atoms. The van der Waals surface area contributed by atoms with Gasteiger partial charge in [0.2, 0.25) is 0 Å². The SMILES string of the molecule is CCS(=O)(=O)C1CN(C(=O)Nc2ccc(F)cc2)C1. The number of hydrogen-bond acceptors (Lipinski definition) is 3. The molecule has 2 amide bonds. The van der Waals surface area contributed by atoms with E-state index >= 15 is 0 Å². The number of halogens is 1. The molecule has 1 heterocycles. The lowest BCUT2D eigenvalue weighted by Crippen LogP contribution is -2.58. The molecule has 19 heavy (non-hydrogen) atoms. The van der Waals surface area contributed by atoms with Gasteiger partial charge in [-0.15, -0.1) is 0 Å². The first kappa shape index (κ1) is 13.8. The van der Waals surface area contributed by atoms with Crippen molar-refractivity contribution in [3.8, 4) is 0 Å². The third kappa shape index (κ3) is 3.04. The van der Waals surface area contributed by atoms with E-state index in [4.69, 9.17) is 0 Å². The van der Waals surface area contributed by atoms with Gasteiger partial charge in [0.25, 0.3) is 0 Å². The van der Waals surface area contributed by atoms with Crippen LogP contribution in [0.1, 0.15) is 6.92 Å². The van der Waals surface area contributed by atoms with Gasteiger partial charge >= 0.3 is 6.03 Å². The van der Waals surface area contributed by atoms with Gasteiger partial charge in [0.15, 0.2) is 9.84 Å². The monoisotopic (exact) mass is 286 g/mol. The molecule has 0 aliphatic carbocycles. The second-order valence-electron chi connectivity index (χ2n) is 4.42. The van der Waals surface area contributed by atoms with Crippen LogP contribution in [-0.2, 0) is 9.84 Å². The number of rotatable bonds is 3. The van der Waals surface area contributed by atoms with E-state index in [1.807, 2.05) is 0 Å². The minimum absolute atomic E-state index is 0.0884. The molecule has 1 aliphatic rings. The van der Waals surface area contributed by atoms with Crippen molar-refractivity contribution in [1.29, 1.82) is 0 Å².